The third kappa shape index (κ3) is 4.01. The molecule has 0 heterocycles. The summed E-state index contributed by atoms with van der Waals surface area (Å²) in [5.41, 5.74) is 1.68. The molecule has 3 nitrogen and oxygen atoms in total. The topological polar surface area (TPSA) is 49.7 Å². The number of aryl methyl sites for hydroxylation is 1. The minimum atomic E-state index is -2.66. The Morgan fingerprint density at radius 2 is 1.83 bits per heavy atom. The lowest BCUT2D eigenvalue weighted by atomic mass is 9.96. The number of hydrogen-bond acceptors (Lipinski definition) is 2. The molecule has 2 aromatic carbocycles. The summed E-state index contributed by atoms with van der Waals surface area (Å²) in [6, 6.07) is 8.52. The molecule has 0 radical (unpaired) electrons. The van der Waals surface area contributed by atoms with Crippen molar-refractivity contribution in [3.8, 4) is 0 Å². The number of carboxylic acid groups (broad SMARTS) is 1. The zero-order valence-electron chi connectivity index (χ0n) is 13.1. The van der Waals surface area contributed by atoms with Gasteiger partial charge in [0.2, 0.25) is 0 Å². The Hall–Kier alpha value is -2.63. The van der Waals surface area contributed by atoms with E-state index in [-0.39, 0.29) is 11.3 Å². The van der Waals surface area contributed by atoms with Crippen molar-refractivity contribution in [2.45, 2.75) is 26.3 Å². The molecule has 0 aliphatic rings. The van der Waals surface area contributed by atoms with E-state index >= 15 is 0 Å². The Labute approximate surface area is 137 Å². The van der Waals surface area contributed by atoms with Gasteiger partial charge in [0, 0.05) is 11.1 Å². The van der Waals surface area contributed by atoms with Crippen LogP contribution in [0.25, 0.3) is 0 Å². The summed E-state index contributed by atoms with van der Waals surface area (Å²) in [6.45, 7) is 2.93. The van der Waals surface area contributed by atoms with Crippen molar-refractivity contribution in [3.63, 3.8) is 0 Å². The molecule has 0 saturated carbocycles. The molecule has 0 spiro atoms. The molecule has 1 atom stereocenters. The molecule has 1 N–H and O–H groups in total. The van der Waals surface area contributed by atoms with Gasteiger partial charge in [-0.15, -0.1) is 0 Å². The third-order valence-corrected chi connectivity index (χ3v) is 3.52. The van der Waals surface area contributed by atoms with E-state index in [9.17, 15) is 18.0 Å². The summed E-state index contributed by atoms with van der Waals surface area (Å²) in [6.07, 6.45) is -2.66. The molecule has 126 valence electrons. The van der Waals surface area contributed by atoms with Gasteiger partial charge < -0.3 is 5.11 Å². The minimum absolute atomic E-state index is 0.0803. The van der Waals surface area contributed by atoms with Crippen LogP contribution in [-0.4, -0.2) is 29.3 Å². The Morgan fingerprint density at radius 3 is 2.38 bits per heavy atom. The summed E-state index contributed by atoms with van der Waals surface area (Å²) >= 11 is 0. The van der Waals surface area contributed by atoms with E-state index in [0.717, 1.165) is 0 Å². The van der Waals surface area contributed by atoms with Gasteiger partial charge in [0.05, 0.1) is 11.3 Å². The maximum absolute atomic E-state index is 13.5. The van der Waals surface area contributed by atoms with E-state index in [1.165, 1.54) is 43.3 Å². The van der Waals surface area contributed by atoms with Crippen LogP contribution in [0.4, 0.5) is 13.2 Å². The second-order valence-corrected chi connectivity index (χ2v) is 5.40. The average molecular weight is 335 g/mol. The van der Waals surface area contributed by atoms with Gasteiger partial charge in [0.25, 0.3) is 6.43 Å². The Morgan fingerprint density at radius 1 is 1.12 bits per heavy atom. The van der Waals surface area contributed by atoms with Gasteiger partial charge in [-0.1, -0.05) is 18.2 Å². The first-order valence-electron chi connectivity index (χ1n) is 7.26. The monoisotopic (exact) mass is 335 g/mol. The van der Waals surface area contributed by atoms with Crippen molar-refractivity contribution < 1.29 is 23.1 Å². The predicted octanol–water partition coefficient (Wildman–Crippen LogP) is 4.32. The standard InChI is InChI=1S/C18H16F3NO2/c1-10-8-13(18(23)24)6-7-15(10)16(22-11(2)17(20)21)12-4-3-5-14(19)9-12/h3-9,11,17H,1-2H3,(H,23,24). The van der Waals surface area contributed by atoms with Crippen molar-refractivity contribution in [1.29, 1.82) is 0 Å². The van der Waals surface area contributed by atoms with Crippen LogP contribution in [0.1, 0.15) is 34.0 Å². The van der Waals surface area contributed by atoms with Gasteiger partial charge in [-0.2, -0.15) is 0 Å². The van der Waals surface area contributed by atoms with Crippen LogP contribution in [0.2, 0.25) is 0 Å². The fraction of sp³-hybridized carbons (Fsp3) is 0.222. The number of benzene rings is 2. The van der Waals surface area contributed by atoms with Crippen molar-refractivity contribution in [3.05, 3.63) is 70.5 Å². The average Bonchev–Trinajstić information content (AvgIpc) is 2.52. The number of halogens is 3. The van der Waals surface area contributed by atoms with E-state index in [1.54, 1.807) is 13.0 Å². The van der Waals surface area contributed by atoms with E-state index in [0.29, 0.717) is 16.7 Å². The summed E-state index contributed by atoms with van der Waals surface area (Å²) in [4.78, 5) is 15.1. The SMILES string of the molecule is Cc1cc(C(=O)O)ccc1C(=NC(C)C(F)F)c1cccc(F)c1. The van der Waals surface area contributed by atoms with Crippen LogP contribution >= 0.6 is 0 Å². The van der Waals surface area contributed by atoms with Crippen LogP contribution in [0.5, 0.6) is 0 Å². The molecule has 24 heavy (non-hydrogen) atoms. The molecule has 0 saturated heterocycles. The molecule has 0 fully saturated rings. The zero-order valence-corrected chi connectivity index (χ0v) is 13.1. The lowest BCUT2D eigenvalue weighted by Crippen LogP contribution is -2.16. The largest absolute Gasteiger partial charge is 0.478 e. The van der Waals surface area contributed by atoms with E-state index in [4.69, 9.17) is 5.11 Å². The second kappa shape index (κ2) is 7.29. The molecule has 0 aliphatic carbocycles. The van der Waals surface area contributed by atoms with E-state index in [2.05, 4.69) is 4.99 Å². The zero-order chi connectivity index (χ0) is 17.9. The number of nitrogens with zero attached hydrogens (tertiary/aromatic N) is 1. The highest BCUT2D eigenvalue weighted by Gasteiger charge is 2.18. The summed E-state index contributed by atoms with van der Waals surface area (Å²) in [7, 11) is 0. The fourth-order valence-corrected chi connectivity index (χ4v) is 2.26. The number of hydrogen-bond donors (Lipinski definition) is 1. The molecule has 6 heteroatoms. The second-order valence-electron chi connectivity index (χ2n) is 5.40. The van der Waals surface area contributed by atoms with E-state index < -0.39 is 24.3 Å². The summed E-state index contributed by atoms with van der Waals surface area (Å²) < 4.78 is 39.4. The van der Waals surface area contributed by atoms with Gasteiger partial charge >= 0.3 is 5.97 Å². The van der Waals surface area contributed by atoms with Crippen LogP contribution < -0.4 is 0 Å². The molecule has 2 aromatic rings. The summed E-state index contributed by atoms with van der Waals surface area (Å²) in [5, 5.41) is 9.03. The molecular weight excluding hydrogens is 319 g/mol. The van der Waals surface area contributed by atoms with Crippen molar-refractivity contribution in [2.24, 2.45) is 4.99 Å². The number of aromatic carboxylic acids is 1. The van der Waals surface area contributed by atoms with Gasteiger partial charge in [-0.25, -0.2) is 18.0 Å². The Kier molecular flexibility index (Phi) is 5.39. The van der Waals surface area contributed by atoms with Gasteiger partial charge in [0.15, 0.2) is 0 Å². The van der Waals surface area contributed by atoms with Crippen LogP contribution in [-0.2, 0) is 0 Å². The smallest absolute Gasteiger partial charge is 0.335 e. The van der Waals surface area contributed by atoms with Crippen LogP contribution in [0, 0.1) is 12.7 Å². The molecule has 0 aliphatic heterocycles. The number of rotatable bonds is 5. The lowest BCUT2D eigenvalue weighted by molar-refractivity contribution is 0.0696. The summed E-state index contributed by atoms with van der Waals surface area (Å²) in [5.74, 6) is -1.60. The highest BCUT2D eigenvalue weighted by molar-refractivity contribution is 6.14. The first-order valence-corrected chi connectivity index (χ1v) is 7.26. The van der Waals surface area contributed by atoms with Crippen molar-refractivity contribution in [2.75, 3.05) is 0 Å². The fourth-order valence-electron chi connectivity index (χ4n) is 2.26. The van der Waals surface area contributed by atoms with Crippen LogP contribution in [0.3, 0.4) is 0 Å². The number of carboxylic acids is 1. The quantitative estimate of drug-likeness (QED) is 0.827. The predicted molar refractivity (Wildman–Crippen MR) is 85.6 cm³/mol. The van der Waals surface area contributed by atoms with Crippen LogP contribution in [0.15, 0.2) is 47.5 Å². The number of carbonyl (C=O) groups is 1. The molecule has 0 bridgehead atoms. The van der Waals surface area contributed by atoms with Crippen molar-refractivity contribution >= 4 is 11.7 Å². The molecule has 1 unspecified atom stereocenters. The Balaban J connectivity index is 2.61. The lowest BCUT2D eigenvalue weighted by Gasteiger charge is -2.14. The molecule has 2 rings (SSSR count). The maximum atomic E-state index is 13.5. The Bertz CT molecular complexity index is 788. The molecule has 0 aromatic heterocycles. The first kappa shape index (κ1) is 17.7. The molecular formula is C18H16F3NO2. The van der Waals surface area contributed by atoms with Gasteiger partial charge in [-0.05, 0) is 43.7 Å². The normalized spacial score (nSPS) is 13.2. The van der Waals surface area contributed by atoms with Gasteiger partial charge in [0.1, 0.15) is 11.9 Å². The van der Waals surface area contributed by atoms with Crippen molar-refractivity contribution in [1.82, 2.24) is 0 Å². The van der Waals surface area contributed by atoms with Gasteiger partial charge in [-0.3, -0.25) is 4.99 Å². The minimum Gasteiger partial charge on any atom is -0.478 e. The highest BCUT2D eigenvalue weighted by Crippen LogP contribution is 2.20. The molecule has 0 amide bonds. The highest BCUT2D eigenvalue weighted by atomic mass is 19.3. The third-order valence-electron chi connectivity index (χ3n) is 3.52. The number of aliphatic imine (C=N–C) groups is 1. The maximum Gasteiger partial charge on any atom is 0.335 e. The first-order chi connectivity index (χ1) is 11.3. The number of alkyl halides is 2. The van der Waals surface area contributed by atoms with E-state index in [1.807, 2.05) is 0 Å².